The minimum absolute atomic E-state index is 0.240. The van der Waals surface area contributed by atoms with E-state index < -0.39 is 5.82 Å². The normalized spacial score (nSPS) is 11.0. The molecule has 0 aliphatic carbocycles. The zero-order chi connectivity index (χ0) is 17.4. The van der Waals surface area contributed by atoms with Gasteiger partial charge in [0.15, 0.2) is 5.82 Å². The molecule has 0 aliphatic heterocycles. The fourth-order valence-electron chi connectivity index (χ4n) is 2.81. The summed E-state index contributed by atoms with van der Waals surface area (Å²) in [5.74, 6) is -0.204. The van der Waals surface area contributed by atoms with Crippen LogP contribution in [0.1, 0.15) is 0 Å². The van der Waals surface area contributed by atoms with E-state index in [4.69, 9.17) is 11.6 Å². The molecule has 0 spiro atoms. The first-order valence-corrected chi connectivity index (χ1v) is 8.05. The molecule has 4 aromatic rings. The average Bonchev–Trinajstić information content (AvgIpc) is 2.62. The third kappa shape index (κ3) is 2.71. The summed E-state index contributed by atoms with van der Waals surface area (Å²) in [5, 5.41) is 0.944. The number of para-hydroxylation sites is 1. The van der Waals surface area contributed by atoms with Crippen molar-refractivity contribution in [1.82, 2.24) is 9.55 Å². The molecule has 25 heavy (non-hydrogen) atoms. The van der Waals surface area contributed by atoms with Crippen LogP contribution in [0.2, 0.25) is 5.02 Å². The van der Waals surface area contributed by atoms with Gasteiger partial charge in [0.2, 0.25) is 0 Å². The van der Waals surface area contributed by atoms with Crippen LogP contribution in [0.25, 0.3) is 28.0 Å². The molecule has 0 aliphatic rings. The zero-order valence-corrected chi connectivity index (χ0v) is 13.7. The molecule has 5 heteroatoms. The van der Waals surface area contributed by atoms with Crippen LogP contribution >= 0.6 is 11.6 Å². The first-order chi connectivity index (χ1) is 12.1. The molecule has 0 atom stereocenters. The van der Waals surface area contributed by atoms with Crippen LogP contribution in [-0.2, 0) is 0 Å². The van der Waals surface area contributed by atoms with Crippen molar-refractivity contribution in [2.24, 2.45) is 0 Å². The summed E-state index contributed by atoms with van der Waals surface area (Å²) in [6.45, 7) is 0. The van der Waals surface area contributed by atoms with Crippen molar-refractivity contribution in [3.63, 3.8) is 0 Å². The molecular formula is C20H12ClFN2O. The molecule has 0 N–H and O–H groups in total. The molecular weight excluding hydrogens is 339 g/mol. The Labute approximate surface area is 148 Å². The topological polar surface area (TPSA) is 34.9 Å². The van der Waals surface area contributed by atoms with Gasteiger partial charge in [0, 0.05) is 5.02 Å². The van der Waals surface area contributed by atoms with Gasteiger partial charge in [0.25, 0.3) is 5.56 Å². The lowest BCUT2D eigenvalue weighted by atomic mass is 10.1. The number of halogens is 2. The third-order valence-electron chi connectivity index (χ3n) is 3.96. The van der Waals surface area contributed by atoms with Crippen LogP contribution in [0, 0.1) is 5.82 Å². The fraction of sp³-hybridized carbons (Fsp3) is 0. The molecule has 1 heterocycles. The molecule has 0 saturated heterocycles. The Bertz CT molecular complexity index is 1150. The van der Waals surface area contributed by atoms with Crippen LogP contribution < -0.4 is 5.56 Å². The molecule has 122 valence electrons. The Balaban J connectivity index is 2.16. The lowest BCUT2D eigenvalue weighted by Gasteiger charge is -2.14. The Morgan fingerprint density at radius 2 is 1.68 bits per heavy atom. The van der Waals surface area contributed by atoms with Gasteiger partial charge in [-0.05, 0) is 42.5 Å². The summed E-state index contributed by atoms with van der Waals surface area (Å²) in [6, 6.07) is 20.1. The number of fused-ring (bicyclic) bond motifs is 1. The molecule has 4 rings (SSSR count). The van der Waals surface area contributed by atoms with Crippen LogP contribution in [-0.4, -0.2) is 9.55 Å². The Kier molecular flexibility index (Phi) is 3.82. The standard InChI is InChI=1S/C20H12ClFN2O/c21-13-6-5-7-14(12-13)24-19(15-8-1-3-10-17(15)22)23-18-11-4-2-9-16(18)20(24)25/h1-12H. The summed E-state index contributed by atoms with van der Waals surface area (Å²) >= 11 is 6.09. The molecule has 0 radical (unpaired) electrons. The lowest BCUT2D eigenvalue weighted by molar-refractivity contribution is 0.629. The second-order valence-electron chi connectivity index (χ2n) is 5.55. The smallest absolute Gasteiger partial charge is 0.266 e. The number of rotatable bonds is 2. The lowest BCUT2D eigenvalue weighted by Crippen LogP contribution is -2.22. The Morgan fingerprint density at radius 3 is 2.48 bits per heavy atom. The highest BCUT2D eigenvalue weighted by Crippen LogP contribution is 2.25. The largest absolute Gasteiger partial charge is 0.268 e. The quantitative estimate of drug-likeness (QED) is 0.518. The molecule has 3 nitrogen and oxygen atoms in total. The van der Waals surface area contributed by atoms with Crippen molar-refractivity contribution < 1.29 is 4.39 Å². The van der Waals surface area contributed by atoms with Gasteiger partial charge in [-0.3, -0.25) is 9.36 Å². The predicted octanol–water partition coefficient (Wildman–Crippen LogP) is 4.85. The molecule has 0 unspecified atom stereocenters. The number of benzene rings is 3. The molecule has 3 aromatic carbocycles. The van der Waals surface area contributed by atoms with E-state index in [1.165, 1.54) is 10.6 Å². The van der Waals surface area contributed by atoms with Gasteiger partial charge in [0.1, 0.15) is 5.82 Å². The molecule has 0 amide bonds. The SMILES string of the molecule is O=c1c2ccccc2nc(-c2ccccc2F)n1-c1cccc(Cl)c1. The molecule has 0 fully saturated rings. The van der Waals surface area contributed by atoms with E-state index in [2.05, 4.69) is 4.98 Å². The molecule has 0 bridgehead atoms. The van der Waals surface area contributed by atoms with Gasteiger partial charge >= 0.3 is 0 Å². The average molecular weight is 351 g/mol. The Hall–Kier alpha value is -2.98. The van der Waals surface area contributed by atoms with Gasteiger partial charge < -0.3 is 0 Å². The highest BCUT2D eigenvalue weighted by atomic mass is 35.5. The highest BCUT2D eigenvalue weighted by molar-refractivity contribution is 6.30. The summed E-state index contributed by atoms with van der Waals surface area (Å²) in [4.78, 5) is 17.7. The van der Waals surface area contributed by atoms with Crippen molar-refractivity contribution in [2.75, 3.05) is 0 Å². The van der Waals surface area contributed by atoms with E-state index in [-0.39, 0.29) is 16.9 Å². The van der Waals surface area contributed by atoms with Gasteiger partial charge in [-0.1, -0.05) is 41.9 Å². The number of hydrogen-bond donors (Lipinski definition) is 0. The summed E-state index contributed by atoms with van der Waals surface area (Å²) in [5.41, 5.74) is 1.04. The van der Waals surface area contributed by atoms with Crippen molar-refractivity contribution in [3.8, 4) is 17.1 Å². The number of nitrogens with zero attached hydrogens (tertiary/aromatic N) is 2. The van der Waals surface area contributed by atoms with Gasteiger partial charge in [0.05, 0.1) is 22.2 Å². The maximum atomic E-state index is 14.4. The summed E-state index contributed by atoms with van der Waals surface area (Å²) in [7, 11) is 0. The fourth-order valence-corrected chi connectivity index (χ4v) is 3.00. The van der Waals surface area contributed by atoms with Crippen LogP contribution in [0.15, 0.2) is 77.6 Å². The Morgan fingerprint density at radius 1 is 0.920 bits per heavy atom. The maximum Gasteiger partial charge on any atom is 0.266 e. The third-order valence-corrected chi connectivity index (χ3v) is 4.19. The van der Waals surface area contributed by atoms with Crippen molar-refractivity contribution in [1.29, 1.82) is 0 Å². The van der Waals surface area contributed by atoms with Crippen LogP contribution in [0.3, 0.4) is 0 Å². The zero-order valence-electron chi connectivity index (χ0n) is 13.0. The van der Waals surface area contributed by atoms with E-state index in [1.54, 1.807) is 66.7 Å². The molecule has 1 aromatic heterocycles. The van der Waals surface area contributed by atoms with Crippen LogP contribution in [0.5, 0.6) is 0 Å². The van der Waals surface area contributed by atoms with E-state index in [0.717, 1.165) is 0 Å². The maximum absolute atomic E-state index is 14.4. The van der Waals surface area contributed by atoms with Crippen LogP contribution in [0.4, 0.5) is 4.39 Å². The number of hydrogen-bond acceptors (Lipinski definition) is 2. The van der Waals surface area contributed by atoms with Crippen molar-refractivity contribution in [3.05, 3.63) is 94.0 Å². The van der Waals surface area contributed by atoms with E-state index in [1.807, 2.05) is 0 Å². The van der Waals surface area contributed by atoms with Gasteiger partial charge in [-0.15, -0.1) is 0 Å². The monoisotopic (exact) mass is 350 g/mol. The first kappa shape index (κ1) is 15.5. The van der Waals surface area contributed by atoms with E-state index >= 15 is 0 Å². The first-order valence-electron chi connectivity index (χ1n) is 7.68. The molecule has 0 saturated carbocycles. The highest BCUT2D eigenvalue weighted by Gasteiger charge is 2.16. The minimum atomic E-state index is -0.444. The predicted molar refractivity (Wildman–Crippen MR) is 97.7 cm³/mol. The van der Waals surface area contributed by atoms with Gasteiger partial charge in [-0.2, -0.15) is 0 Å². The van der Waals surface area contributed by atoms with Gasteiger partial charge in [-0.25, -0.2) is 9.37 Å². The summed E-state index contributed by atoms with van der Waals surface area (Å²) in [6.07, 6.45) is 0. The van der Waals surface area contributed by atoms with E-state index in [0.29, 0.717) is 21.6 Å². The second-order valence-corrected chi connectivity index (χ2v) is 5.99. The number of aromatic nitrogens is 2. The second kappa shape index (κ2) is 6.15. The van der Waals surface area contributed by atoms with Crippen molar-refractivity contribution in [2.45, 2.75) is 0 Å². The summed E-state index contributed by atoms with van der Waals surface area (Å²) < 4.78 is 15.8. The minimum Gasteiger partial charge on any atom is -0.268 e. The van der Waals surface area contributed by atoms with E-state index in [9.17, 15) is 9.18 Å². The van der Waals surface area contributed by atoms with Crippen molar-refractivity contribution >= 4 is 22.5 Å².